The first kappa shape index (κ1) is 19.5. The summed E-state index contributed by atoms with van der Waals surface area (Å²) in [7, 11) is 3.16. The summed E-state index contributed by atoms with van der Waals surface area (Å²) >= 11 is 6.01. The number of aromatic nitrogens is 1. The van der Waals surface area contributed by atoms with Crippen LogP contribution in [0.5, 0.6) is 11.5 Å². The van der Waals surface area contributed by atoms with Gasteiger partial charge in [-0.1, -0.05) is 29.8 Å². The number of halogens is 1. The highest BCUT2D eigenvalue weighted by Gasteiger charge is 2.12. The second-order valence-electron chi connectivity index (χ2n) is 5.89. The summed E-state index contributed by atoms with van der Waals surface area (Å²) in [6.45, 7) is 0.553. The van der Waals surface area contributed by atoms with Crippen molar-refractivity contribution in [2.24, 2.45) is 0 Å². The second-order valence-corrected chi connectivity index (χ2v) is 6.33. The lowest BCUT2D eigenvalue weighted by atomic mass is 10.2. The minimum Gasteiger partial charge on any atom is -0.496 e. The van der Waals surface area contributed by atoms with Crippen molar-refractivity contribution in [3.8, 4) is 11.5 Å². The van der Waals surface area contributed by atoms with Crippen LogP contribution in [0.15, 0.2) is 60.8 Å². The number of ether oxygens (including phenoxy) is 2. The lowest BCUT2D eigenvalue weighted by molar-refractivity contribution is 0.102. The topological polar surface area (TPSA) is 72.5 Å². The predicted molar refractivity (Wildman–Crippen MR) is 111 cm³/mol. The third-order valence-corrected chi connectivity index (χ3v) is 4.31. The number of anilines is 2. The number of para-hydroxylation sites is 1. The van der Waals surface area contributed by atoms with E-state index >= 15 is 0 Å². The molecule has 7 heteroatoms. The molecule has 0 aliphatic heterocycles. The average Bonchev–Trinajstić information content (AvgIpc) is 2.73. The third kappa shape index (κ3) is 4.72. The van der Waals surface area contributed by atoms with E-state index in [9.17, 15) is 4.79 Å². The zero-order valence-corrected chi connectivity index (χ0v) is 16.3. The molecule has 1 amide bonds. The van der Waals surface area contributed by atoms with Crippen LogP contribution >= 0.6 is 11.6 Å². The highest BCUT2D eigenvalue weighted by Crippen LogP contribution is 2.28. The van der Waals surface area contributed by atoms with Crippen LogP contribution in [0.4, 0.5) is 11.4 Å². The van der Waals surface area contributed by atoms with Gasteiger partial charge in [-0.3, -0.25) is 9.78 Å². The Labute approximate surface area is 168 Å². The van der Waals surface area contributed by atoms with E-state index in [1.54, 1.807) is 43.6 Å². The predicted octanol–water partition coefficient (Wildman–Crippen LogP) is 4.62. The maximum atomic E-state index is 12.6. The molecule has 0 spiro atoms. The van der Waals surface area contributed by atoms with Crippen LogP contribution in [-0.4, -0.2) is 25.1 Å². The van der Waals surface area contributed by atoms with Crippen molar-refractivity contribution in [2.45, 2.75) is 6.54 Å². The van der Waals surface area contributed by atoms with E-state index in [-0.39, 0.29) is 11.6 Å². The summed E-state index contributed by atoms with van der Waals surface area (Å²) in [5, 5.41) is 6.56. The first-order chi connectivity index (χ1) is 13.6. The number of hydrogen-bond donors (Lipinski definition) is 2. The summed E-state index contributed by atoms with van der Waals surface area (Å²) in [5.41, 5.74) is 2.53. The van der Waals surface area contributed by atoms with Crippen LogP contribution in [0.25, 0.3) is 0 Å². The minimum absolute atomic E-state index is 0.270. The largest absolute Gasteiger partial charge is 0.496 e. The fourth-order valence-electron chi connectivity index (χ4n) is 2.68. The molecular weight excluding hydrogens is 378 g/mol. The van der Waals surface area contributed by atoms with Gasteiger partial charge in [-0.2, -0.15) is 0 Å². The van der Waals surface area contributed by atoms with E-state index in [4.69, 9.17) is 21.1 Å². The Morgan fingerprint density at radius 3 is 2.61 bits per heavy atom. The Bertz CT molecular complexity index is 979. The molecule has 2 aromatic carbocycles. The van der Waals surface area contributed by atoms with Gasteiger partial charge in [-0.25, -0.2) is 0 Å². The van der Waals surface area contributed by atoms with E-state index in [2.05, 4.69) is 15.6 Å². The van der Waals surface area contributed by atoms with Crippen LogP contribution in [0.3, 0.4) is 0 Å². The normalized spacial score (nSPS) is 10.2. The van der Waals surface area contributed by atoms with Crippen molar-refractivity contribution in [3.63, 3.8) is 0 Å². The highest BCUT2D eigenvalue weighted by atomic mass is 35.5. The fraction of sp³-hybridized carbons (Fsp3) is 0.143. The summed E-state index contributed by atoms with van der Waals surface area (Å²) in [6, 6.07) is 16.2. The van der Waals surface area contributed by atoms with Gasteiger partial charge in [0, 0.05) is 29.0 Å². The van der Waals surface area contributed by atoms with Gasteiger partial charge in [0.1, 0.15) is 17.2 Å². The summed E-state index contributed by atoms with van der Waals surface area (Å²) in [6.07, 6.45) is 1.58. The molecule has 3 aromatic rings. The standard InChI is InChI=1S/C21H20ClN3O3/c1-27-19-6-4-3-5-14(19)13-24-16-9-10-23-18(12-16)21(26)25-17-11-15(22)7-8-20(17)28-2/h3-12H,13H2,1-2H3,(H,23,24)(H,25,26). The fourth-order valence-corrected chi connectivity index (χ4v) is 2.85. The molecule has 3 rings (SSSR count). The van der Waals surface area contributed by atoms with Crippen molar-refractivity contribution in [3.05, 3.63) is 77.1 Å². The SMILES string of the molecule is COc1ccccc1CNc1ccnc(C(=O)Nc2cc(Cl)ccc2OC)c1. The van der Waals surface area contributed by atoms with E-state index in [1.165, 1.54) is 7.11 Å². The first-order valence-electron chi connectivity index (χ1n) is 8.57. The summed E-state index contributed by atoms with van der Waals surface area (Å²) in [5.74, 6) is 0.958. The van der Waals surface area contributed by atoms with Crippen molar-refractivity contribution in [1.29, 1.82) is 0 Å². The maximum absolute atomic E-state index is 12.6. The number of carbonyl (C=O) groups excluding carboxylic acids is 1. The molecule has 0 saturated heterocycles. The van der Waals surface area contributed by atoms with Crippen molar-refractivity contribution >= 4 is 28.9 Å². The molecular formula is C21H20ClN3O3. The average molecular weight is 398 g/mol. The highest BCUT2D eigenvalue weighted by molar-refractivity contribution is 6.31. The smallest absolute Gasteiger partial charge is 0.274 e. The third-order valence-electron chi connectivity index (χ3n) is 4.08. The maximum Gasteiger partial charge on any atom is 0.274 e. The van der Waals surface area contributed by atoms with Crippen LogP contribution in [0.1, 0.15) is 16.1 Å². The molecule has 0 saturated carbocycles. The number of nitrogens with one attached hydrogen (secondary N) is 2. The molecule has 1 heterocycles. The van der Waals surface area contributed by atoms with Gasteiger partial charge in [-0.05, 0) is 36.4 Å². The molecule has 0 bridgehead atoms. The number of rotatable bonds is 7. The van der Waals surface area contributed by atoms with Crippen LogP contribution in [0.2, 0.25) is 5.02 Å². The molecule has 0 unspecified atom stereocenters. The number of nitrogens with zero attached hydrogens (tertiary/aromatic N) is 1. The molecule has 0 radical (unpaired) electrons. The molecule has 0 aliphatic rings. The lowest BCUT2D eigenvalue weighted by Gasteiger charge is -2.12. The number of pyridine rings is 1. The van der Waals surface area contributed by atoms with Gasteiger partial charge in [0.25, 0.3) is 5.91 Å². The zero-order valence-electron chi connectivity index (χ0n) is 15.5. The van der Waals surface area contributed by atoms with Gasteiger partial charge in [0.05, 0.1) is 19.9 Å². The van der Waals surface area contributed by atoms with E-state index < -0.39 is 0 Å². The molecule has 1 aromatic heterocycles. The number of benzene rings is 2. The van der Waals surface area contributed by atoms with Crippen LogP contribution < -0.4 is 20.1 Å². The monoisotopic (exact) mass is 397 g/mol. The summed E-state index contributed by atoms with van der Waals surface area (Å²) < 4.78 is 10.6. The quantitative estimate of drug-likeness (QED) is 0.608. The van der Waals surface area contributed by atoms with Gasteiger partial charge >= 0.3 is 0 Å². The molecule has 6 nitrogen and oxygen atoms in total. The Kier molecular flexibility index (Phi) is 6.34. The second kappa shape index (κ2) is 9.10. The van der Waals surface area contributed by atoms with E-state index in [0.717, 1.165) is 17.0 Å². The van der Waals surface area contributed by atoms with Gasteiger partial charge in [-0.15, -0.1) is 0 Å². The molecule has 0 fully saturated rings. The molecule has 2 N–H and O–H groups in total. The first-order valence-corrected chi connectivity index (χ1v) is 8.95. The van der Waals surface area contributed by atoms with Gasteiger partial charge in [0.2, 0.25) is 0 Å². The van der Waals surface area contributed by atoms with Crippen molar-refractivity contribution in [1.82, 2.24) is 4.98 Å². The lowest BCUT2D eigenvalue weighted by Crippen LogP contribution is -2.14. The van der Waals surface area contributed by atoms with E-state index in [0.29, 0.717) is 23.0 Å². The number of hydrogen-bond acceptors (Lipinski definition) is 5. The van der Waals surface area contributed by atoms with Crippen molar-refractivity contribution < 1.29 is 14.3 Å². The number of methoxy groups -OCH3 is 2. The Hall–Kier alpha value is -3.25. The number of carbonyl (C=O) groups is 1. The van der Waals surface area contributed by atoms with Gasteiger partial charge in [0.15, 0.2) is 0 Å². The Morgan fingerprint density at radius 2 is 1.82 bits per heavy atom. The zero-order chi connectivity index (χ0) is 19.9. The minimum atomic E-state index is -0.360. The van der Waals surface area contributed by atoms with Gasteiger partial charge < -0.3 is 20.1 Å². The van der Waals surface area contributed by atoms with Crippen molar-refractivity contribution in [2.75, 3.05) is 24.9 Å². The van der Waals surface area contributed by atoms with E-state index in [1.807, 2.05) is 24.3 Å². The molecule has 28 heavy (non-hydrogen) atoms. The Balaban J connectivity index is 1.72. The van der Waals surface area contributed by atoms with Crippen LogP contribution in [-0.2, 0) is 6.54 Å². The summed E-state index contributed by atoms with van der Waals surface area (Å²) in [4.78, 5) is 16.8. The molecule has 0 aliphatic carbocycles. The molecule has 144 valence electrons. The number of amides is 1. The van der Waals surface area contributed by atoms with Crippen LogP contribution in [0, 0.1) is 0 Å². The molecule has 0 atom stereocenters. The Morgan fingerprint density at radius 1 is 1.04 bits per heavy atom.